The molecule has 0 saturated heterocycles. The molecule has 0 aliphatic heterocycles. The summed E-state index contributed by atoms with van der Waals surface area (Å²) < 4.78 is 27.5. The Morgan fingerprint density at radius 1 is 1.19 bits per heavy atom. The zero-order valence-corrected chi connectivity index (χ0v) is 13.2. The van der Waals surface area contributed by atoms with Gasteiger partial charge in [0.05, 0.1) is 4.90 Å². The van der Waals surface area contributed by atoms with Gasteiger partial charge in [0.1, 0.15) is 0 Å². The van der Waals surface area contributed by atoms with E-state index in [1.807, 2.05) is 12.1 Å². The number of rotatable bonds is 8. The minimum absolute atomic E-state index is 0.286. The molecule has 2 aliphatic carbocycles. The number of benzene rings is 1. The van der Waals surface area contributed by atoms with Crippen molar-refractivity contribution in [2.24, 2.45) is 17.1 Å². The highest BCUT2D eigenvalue weighted by atomic mass is 32.2. The molecule has 0 bridgehead atoms. The van der Waals surface area contributed by atoms with Crippen LogP contribution in [0.3, 0.4) is 0 Å². The van der Waals surface area contributed by atoms with Crippen LogP contribution >= 0.6 is 0 Å². The zero-order chi connectivity index (χ0) is 14.9. The van der Waals surface area contributed by atoms with Crippen molar-refractivity contribution in [3.63, 3.8) is 0 Å². The molecule has 1 aromatic carbocycles. The van der Waals surface area contributed by atoms with E-state index in [-0.39, 0.29) is 5.41 Å². The maximum Gasteiger partial charge on any atom is 0.240 e. The van der Waals surface area contributed by atoms with E-state index in [1.165, 1.54) is 25.7 Å². The predicted molar refractivity (Wildman–Crippen MR) is 83.4 cm³/mol. The fourth-order valence-corrected chi connectivity index (χ4v) is 4.19. The van der Waals surface area contributed by atoms with Gasteiger partial charge in [0.2, 0.25) is 10.0 Å². The number of nitrogens with two attached hydrogens (primary N) is 1. The lowest BCUT2D eigenvalue weighted by atomic mass is 10.0. The van der Waals surface area contributed by atoms with E-state index in [0.717, 1.165) is 24.3 Å². The van der Waals surface area contributed by atoms with Gasteiger partial charge in [-0.05, 0) is 74.1 Å². The molecule has 116 valence electrons. The van der Waals surface area contributed by atoms with Crippen molar-refractivity contribution in [1.82, 2.24) is 4.72 Å². The molecule has 0 amide bonds. The smallest absolute Gasteiger partial charge is 0.240 e. The van der Waals surface area contributed by atoms with E-state index in [1.54, 1.807) is 12.1 Å². The van der Waals surface area contributed by atoms with Gasteiger partial charge in [-0.2, -0.15) is 0 Å². The van der Waals surface area contributed by atoms with Gasteiger partial charge in [-0.1, -0.05) is 12.1 Å². The lowest BCUT2D eigenvalue weighted by molar-refractivity contribution is 0.432. The van der Waals surface area contributed by atoms with Crippen molar-refractivity contribution in [2.45, 2.75) is 43.4 Å². The molecule has 2 aliphatic rings. The summed E-state index contributed by atoms with van der Waals surface area (Å²) in [7, 11) is -3.37. The van der Waals surface area contributed by atoms with Crippen LogP contribution in [0.15, 0.2) is 29.2 Å². The largest absolute Gasteiger partial charge is 0.330 e. The molecule has 0 unspecified atom stereocenters. The highest BCUT2D eigenvalue weighted by Crippen LogP contribution is 2.60. The lowest BCUT2D eigenvalue weighted by Crippen LogP contribution is -2.31. The Labute approximate surface area is 127 Å². The van der Waals surface area contributed by atoms with E-state index in [0.29, 0.717) is 18.0 Å². The van der Waals surface area contributed by atoms with Gasteiger partial charge in [-0.25, -0.2) is 13.1 Å². The summed E-state index contributed by atoms with van der Waals surface area (Å²) in [5.74, 6) is 0.763. The first-order chi connectivity index (χ1) is 10.1. The second-order valence-electron chi connectivity index (χ2n) is 6.50. The van der Waals surface area contributed by atoms with Crippen LogP contribution in [0.2, 0.25) is 0 Å². The van der Waals surface area contributed by atoms with E-state index >= 15 is 0 Å². The van der Waals surface area contributed by atoms with Crippen LogP contribution < -0.4 is 10.5 Å². The molecule has 3 rings (SSSR count). The highest BCUT2D eigenvalue weighted by Gasteiger charge is 2.53. The highest BCUT2D eigenvalue weighted by molar-refractivity contribution is 7.89. The normalized spacial score (nSPS) is 20.4. The molecule has 21 heavy (non-hydrogen) atoms. The van der Waals surface area contributed by atoms with E-state index in [4.69, 9.17) is 5.73 Å². The van der Waals surface area contributed by atoms with E-state index < -0.39 is 10.0 Å². The molecule has 1 aromatic rings. The quantitative estimate of drug-likeness (QED) is 0.772. The van der Waals surface area contributed by atoms with Crippen molar-refractivity contribution in [2.75, 3.05) is 13.1 Å². The summed E-state index contributed by atoms with van der Waals surface area (Å²) >= 11 is 0. The van der Waals surface area contributed by atoms with Crippen molar-refractivity contribution in [3.8, 4) is 0 Å². The fraction of sp³-hybridized carbons (Fsp3) is 0.625. The van der Waals surface area contributed by atoms with Crippen LogP contribution in [0.1, 0.15) is 37.7 Å². The molecule has 2 saturated carbocycles. The second kappa shape index (κ2) is 5.71. The summed E-state index contributed by atoms with van der Waals surface area (Å²) in [4.78, 5) is 0.366. The molecule has 0 heterocycles. The van der Waals surface area contributed by atoms with Gasteiger partial charge >= 0.3 is 0 Å². The predicted octanol–water partition coefficient (Wildman–Crippen LogP) is 2.05. The molecule has 0 spiro atoms. The van der Waals surface area contributed by atoms with Gasteiger partial charge in [0.15, 0.2) is 0 Å². The Kier molecular flexibility index (Phi) is 4.08. The lowest BCUT2D eigenvalue weighted by Gasteiger charge is -2.15. The van der Waals surface area contributed by atoms with Crippen molar-refractivity contribution >= 4 is 10.0 Å². The van der Waals surface area contributed by atoms with Crippen LogP contribution in [-0.2, 0) is 16.4 Å². The average Bonchev–Trinajstić information content (AvgIpc) is 3.36. The molecule has 0 aromatic heterocycles. The SMILES string of the molecule is NCCCc1ccc(S(=O)(=O)NCC2(C3CC3)CC2)cc1. The van der Waals surface area contributed by atoms with Crippen molar-refractivity contribution < 1.29 is 8.42 Å². The molecular weight excluding hydrogens is 284 g/mol. The Balaban J connectivity index is 1.61. The van der Waals surface area contributed by atoms with Gasteiger partial charge in [0, 0.05) is 6.54 Å². The van der Waals surface area contributed by atoms with E-state index in [2.05, 4.69) is 4.72 Å². The zero-order valence-electron chi connectivity index (χ0n) is 12.3. The van der Waals surface area contributed by atoms with Crippen LogP contribution in [0.25, 0.3) is 0 Å². The van der Waals surface area contributed by atoms with Gasteiger partial charge in [-0.15, -0.1) is 0 Å². The minimum atomic E-state index is -3.37. The summed E-state index contributed by atoms with van der Waals surface area (Å²) in [5.41, 5.74) is 6.91. The van der Waals surface area contributed by atoms with Crippen LogP contribution in [0.5, 0.6) is 0 Å². The van der Waals surface area contributed by atoms with Gasteiger partial charge in [0.25, 0.3) is 0 Å². The number of hydrogen-bond acceptors (Lipinski definition) is 3. The molecular formula is C16H24N2O2S. The molecule has 0 atom stereocenters. The Hall–Kier alpha value is -0.910. The Bertz CT molecular complexity index is 587. The van der Waals surface area contributed by atoms with Crippen LogP contribution in [-0.4, -0.2) is 21.5 Å². The average molecular weight is 308 g/mol. The fourth-order valence-electron chi connectivity index (χ4n) is 3.05. The molecule has 0 radical (unpaired) electrons. The molecule has 2 fully saturated rings. The number of aryl methyl sites for hydroxylation is 1. The monoisotopic (exact) mass is 308 g/mol. The van der Waals surface area contributed by atoms with Gasteiger partial charge < -0.3 is 5.73 Å². The number of hydrogen-bond donors (Lipinski definition) is 2. The van der Waals surface area contributed by atoms with Crippen LogP contribution in [0, 0.1) is 11.3 Å². The standard InChI is InChI=1S/C16H24N2O2S/c17-11-1-2-13-3-7-15(8-4-13)21(19,20)18-12-16(9-10-16)14-5-6-14/h3-4,7-8,14,18H,1-2,5-6,9-12,17H2. The Morgan fingerprint density at radius 3 is 2.38 bits per heavy atom. The van der Waals surface area contributed by atoms with Crippen molar-refractivity contribution in [3.05, 3.63) is 29.8 Å². The first kappa shape index (κ1) is 15.0. The first-order valence-corrected chi connectivity index (χ1v) is 9.33. The van der Waals surface area contributed by atoms with Gasteiger partial charge in [-0.3, -0.25) is 0 Å². The third-order valence-corrected chi connectivity index (χ3v) is 6.27. The summed E-state index contributed by atoms with van der Waals surface area (Å²) in [5, 5.41) is 0. The Morgan fingerprint density at radius 2 is 1.86 bits per heavy atom. The topological polar surface area (TPSA) is 72.2 Å². The third-order valence-electron chi connectivity index (χ3n) is 4.85. The maximum atomic E-state index is 12.3. The molecule has 5 heteroatoms. The number of sulfonamides is 1. The summed E-state index contributed by atoms with van der Waals surface area (Å²) in [6.45, 7) is 1.26. The minimum Gasteiger partial charge on any atom is -0.330 e. The maximum absolute atomic E-state index is 12.3. The summed E-state index contributed by atoms with van der Waals surface area (Å²) in [6, 6.07) is 7.17. The summed E-state index contributed by atoms with van der Waals surface area (Å²) in [6.07, 6.45) is 6.73. The second-order valence-corrected chi connectivity index (χ2v) is 8.26. The number of nitrogens with one attached hydrogen (secondary N) is 1. The van der Waals surface area contributed by atoms with Crippen LogP contribution in [0.4, 0.5) is 0 Å². The third kappa shape index (κ3) is 3.47. The molecule has 4 nitrogen and oxygen atoms in total. The molecule has 3 N–H and O–H groups in total. The van der Waals surface area contributed by atoms with E-state index in [9.17, 15) is 8.42 Å². The van der Waals surface area contributed by atoms with Crippen molar-refractivity contribution in [1.29, 1.82) is 0 Å². The first-order valence-electron chi connectivity index (χ1n) is 7.84.